The van der Waals surface area contributed by atoms with Crippen molar-refractivity contribution in [1.29, 1.82) is 0 Å². The number of carbonyl (C=O) groups excluding carboxylic acids is 2. The molecule has 174 valence electrons. The molecular formula is C21H21F2N5O4S. The Bertz CT molecular complexity index is 1280. The molecule has 0 bridgehead atoms. The number of halogens is 2. The number of ketones is 1. The summed E-state index contributed by atoms with van der Waals surface area (Å²) in [4.78, 5) is 34.1. The number of rotatable bonds is 4. The van der Waals surface area contributed by atoms with E-state index in [4.69, 9.17) is 5.73 Å². The normalized spacial score (nSPS) is 23.8. The Balaban J connectivity index is 1.80. The van der Waals surface area contributed by atoms with Crippen LogP contribution in [-0.2, 0) is 26.8 Å². The van der Waals surface area contributed by atoms with Crippen LogP contribution < -0.4 is 5.73 Å². The maximum Gasteiger partial charge on any atom is 0.244 e. The summed E-state index contributed by atoms with van der Waals surface area (Å²) in [6.45, 7) is 0.922. The number of carbonyl (C=O) groups is 2. The maximum atomic E-state index is 15.1. The van der Waals surface area contributed by atoms with Crippen LogP contribution in [0.2, 0.25) is 0 Å². The van der Waals surface area contributed by atoms with Crippen LogP contribution in [0, 0.1) is 11.6 Å². The van der Waals surface area contributed by atoms with Gasteiger partial charge in [-0.3, -0.25) is 14.6 Å². The lowest BCUT2D eigenvalue weighted by Gasteiger charge is -2.38. The number of fused-ring (bicyclic) bond motifs is 1. The van der Waals surface area contributed by atoms with Crippen molar-refractivity contribution in [2.45, 2.75) is 24.1 Å². The molecule has 1 aromatic heterocycles. The highest BCUT2D eigenvalue weighted by Gasteiger charge is 2.60. The summed E-state index contributed by atoms with van der Waals surface area (Å²) in [5.74, 6) is -2.47. The molecule has 33 heavy (non-hydrogen) atoms. The number of hydrogen-bond donors (Lipinski definition) is 1. The van der Waals surface area contributed by atoms with E-state index in [0.717, 1.165) is 22.6 Å². The van der Waals surface area contributed by atoms with Crippen molar-refractivity contribution < 1.29 is 26.8 Å². The van der Waals surface area contributed by atoms with Crippen molar-refractivity contribution in [2.75, 3.05) is 20.1 Å². The van der Waals surface area contributed by atoms with Gasteiger partial charge in [-0.2, -0.15) is 0 Å². The van der Waals surface area contributed by atoms with Crippen molar-refractivity contribution >= 4 is 27.7 Å². The maximum absolute atomic E-state index is 15.1. The molecule has 0 aliphatic carbocycles. The first-order valence-corrected chi connectivity index (χ1v) is 11.5. The van der Waals surface area contributed by atoms with E-state index in [9.17, 15) is 22.4 Å². The van der Waals surface area contributed by atoms with Crippen LogP contribution in [0.4, 0.5) is 8.78 Å². The Labute approximate surface area is 189 Å². The zero-order valence-electron chi connectivity index (χ0n) is 17.8. The van der Waals surface area contributed by atoms with Gasteiger partial charge in [-0.15, -0.1) is 0 Å². The number of sulfonamides is 1. The standard InChI is InChI=1S/C21H21F2N5O4S/c1-12(29)28-10-19-21(11-28,26-20(24)27(2)33(19,31)32)15-7-13(3-5-16(15)23)8-18(30)17-6-4-14(22)9-25-17/h3-7,9,19H,8,10-11H2,1-2H3,(H2,24,26)/t19?,21-/m1/s1. The van der Waals surface area contributed by atoms with Crippen LogP contribution in [-0.4, -0.2) is 65.6 Å². The van der Waals surface area contributed by atoms with Gasteiger partial charge in [0.25, 0.3) is 0 Å². The second-order valence-corrected chi connectivity index (χ2v) is 10.2. The molecule has 1 saturated heterocycles. The first-order valence-electron chi connectivity index (χ1n) is 9.98. The SMILES string of the molecule is CC(=O)N1CC2[C@](c3cc(CC(=O)c4ccc(F)cn4)ccc3F)(C1)N=C(N)N(C)S2(=O)=O. The topological polar surface area (TPSA) is 126 Å². The lowest BCUT2D eigenvalue weighted by molar-refractivity contribution is -0.128. The third kappa shape index (κ3) is 3.73. The number of aliphatic imine (C=N–C) groups is 1. The predicted octanol–water partition coefficient (Wildman–Crippen LogP) is 0.801. The van der Waals surface area contributed by atoms with Crippen molar-refractivity contribution in [1.82, 2.24) is 14.2 Å². The van der Waals surface area contributed by atoms with Gasteiger partial charge in [0.15, 0.2) is 5.78 Å². The van der Waals surface area contributed by atoms with Gasteiger partial charge in [0.05, 0.1) is 12.7 Å². The van der Waals surface area contributed by atoms with Crippen molar-refractivity contribution in [3.8, 4) is 0 Å². The summed E-state index contributed by atoms with van der Waals surface area (Å²) in [6.07, 6.45) is 0.734. The third-order valence-corrected chi connectivity index (χ3v) is 8.26. The molecule has 2 aliphatic rings. The van der Waals surface area contributed by atoms with Gasteiger partial charge < -0.3 is 10.6 Å². The first kappa shape index (κ1) is 22.8. The summed E-state index contributed by atoms with van der Waals surface area (Å²) in [6, 6.07) is 6.22. The number of pyridine rings is 1. The fourth-order valence-corrected chi connectivity index (χ4v) is 6.04. The minimum Gasteiger partial charge on any atom is -0.369 e. The lowest BCUT2D eigenvalue weighted by Crippen LogP contribution is -2.57. The summed E-state index contributed by atoms with van der Waals surface area (Å²) < 4.78 is 55.4. The zero-order chi connectivity index (χ0) is 24.1. The molecule has 0 saturated carbocycles. The molecule has 0 spiro atoms. The molecule has 1 unspecified atom stereocenters. The number of Topliss-reactive ketones (excluding diaryl/α,β-unsaturated/α-hetero) is 1. The third-order valence-electron chi connectivity index (χ3n) is 6.05. The molecule has 1 aromatic carbocycles. The molecule has 2 N–H and O–H groups in total. The fraction of sp³-hybridized carbons (Fsp3) is 0.333. The summed E-state index contributed by atoms with van der Waals surface area (Å²) in [5.41, 5.74) is 4.56. The van der Waals surface area contributed by atoms with E-state index < -0.39 is 38.2 Å². The monoisotopic (exact) mass is 477 g/mol. The van der Waals surface area contributed by atoms with E-state index in [1.165, 1.54) is 37.1 Å². The number of guanidine groups is 1. The Kier molecular flexibility index (Phi) is 5.43. The van der Waals surface area contributed by atoms with Gasteiger partial charge in [0.2, 0.25) is 21.9 Å². The van der Waals surface area contributed by atoms with Crippen molar-refractivity contribution in [3.05, 3.63) is 65.0 Å². The highest BCUT2D eigenvalue weighted by Crippen LogP contribution is 2.44. The van der Waals surface area contributed by atoms with E-state index in [-0.39, 0.29) is 42.6 Å². The van der Waals surface area contributed by atoms with E-state index in [1.807, 2.05) is 0 Å². The lowest BCUT2D eigenvalue weighted by atomic mass is 9.86. The molecule has 2 atom stereocenters. The average molecular weight is 477 g/mol. The van der Waals surface area contributed by atoms with Gasteiger partial charge >= 0.3 is 0 Å². The molecule has 2 aromatic rings. The highest BCUT2D eigenvalue weighted by molar-refractivity contribution is 7.90. The van der Waals surface area contributed by atoms with Gasteiger partial charge in [-0.1, -0.05) is 6.07 Å². The average Bonchev–Trinajstić information content (AvgIpc) is 3.16. The van der Waals surface area contributed by atoms with E-state index >= 15 is 4.39 Å². The molecule has 3 heterocycles. The van der Waals surface area contributed by atoms with Gasteiger partial charge in [-0.25, -0.2) is 26.5 Å². The van der Waals surface area contributed by atoms with E-state index in [0.29, 0.717) is 5.56 Å². The van der Waals surface area contributed by atoms with Crippen LogP contribution in [0.1, 0.15) is 28.5 Å². The van der Waals surface area contributed by atoms with Crippen LogP contribution in [0.25, 0.3) is 0 Å². The first-order chi connectivity index (χ1) is 15.5. The summed E-state index contributed by atoms with van der Waals surface area (Å²) >= 11 is 0. The molecular weight excluding hydrogens is 456 g/mol. The number of nitrogens with zero attached hydrogens (tertiary/aromatic N) is 4. The largest absolute Gasteiger partial charge is 0.369 e. The fourth-order valence-electron chi connectivity index (χ4n) is 4.24. The van der Waals surface area contributed by atoms with Crippen molar-refractivity contribution in [2.24, 2.45) is 10.7 Å². The van der Waals surface area contributed by atoms with Crippen LogP contribution in [0.5, 0.6) is 0 Å². The minimum atomic E-state index is -4.06. The smallest absolute Gasteiger partial charge is 0.244 e. The summed E-state index contributed by atoms with van der Waals surface area (Å²) in [5, 5.41) is -1.26. The zero-order valence-corrected chi connectivity index (χ0v) is 18.6. The molecule has 1 fully saturated rings. The van der Waals surface area contributed by atoms with Crippen molar-refractivity contribution in [3.63, 3.8) is 0 Å². The number of likely N-dealkylation sites (tertiary alicyclic amines) is 1. The number of hydrogen-bond acceptors (Lipinski definition) is 7. The molecule has 4 rings (SSSR count). The molecule has 1 amide bonds. The van der Waals surface area contributed by atoms with Crippen LogP contribution >= 0.6 is 0 Å². The molecule has 9 nitrogen and oxygen atoms in total. The number of aromatic nitrogens is 1. The molecule has 2 aliphatic heterocycles. The molecule has 0 radical (unpaired) electrons. The Morgan fingerprint density at radius 1 is 1.24 bits per heavy atom. The Morgan fingerprint density at radius 3 is 2.61 bits per heavy atom. The Morgan fingerprint density at radius 2 is 1.97 bits per heavy atom. The summed E-state index contributed by atoms with van der Waals surface area (Å²) in [7, 11) is -2.81. The Hall–Kier alpha value is -3.41. The predicted molar refractivity (Wildman–Crippen MR) is 115 cm³/mol. The van der Waals surface area contributed by atoms with Gasteiger partial charge in [0.1, 0.15) is 28.1 Å². The van der Waals surface area contributed by atoms with Crippen LogP contribution in [0.3, 0.4) is 0 Å². The quantitative estimate of drug-likeness (QED) is 0.650. The number of amides is 1. The van der Waals surface area contributed by atoms with E-state index in [1.54, 1.807) is 0 Å². The second kappa shape index (κ2) is 7.87. The van der Waals surface area contributed by atoms with Gasteiger partial charge in [0, 0.05) is 32.5 Å². The number of nitrogens with two attached hydrogens (primary N) is 1. The number of benzene rings is 1. The van der Waals surface area contributed by atoms with Gasteiger partial charge in [-0.05, 0) is 29.8 Å². The molecule has 12 heteroatoms. The van der Waals surface area contributed by atoms with E-state index in [2.05, 4.69) is 9.98 Å². The minimum absolute atomic E-state index is 0.0334. The highest BCUT2D eigenvalue weighted by atomic mass is 32.2. The van der Waals surface area contributed by atoms with Crippen LogP contribution in [0.15, 0.2) is 41.5 Å². The second-order valence-electron chi connectivity index (χ2n) is 8.07.